The van der Waals surface area contributed by atoms with Crippen molar-refractivity contribution in [2.45, 2.75) is 6.92 Å². The van der Waals surface area contributed by atoms with Gasteiger partial charge in [0, 0.05) is 0 Å². The molecule has 0 bridgehead atoms. The highest BCUT2D eigenvalue weighted by Gasteiger charge is 1.59. The number of hydrogen-bond acceptors (Lipinski definition) is 1. The van der Waals surface area contributed by atoms with Crippen LogP contribution in [0.4, 0.5) is 0 Å². The molecule has 1 N–H and O–H groups in total. The molecule has 0 heterocycles. The maximum absolute atomic E-state index is 8.20. The van der Waals surface area contributed by atoms with Crippen LogP contribution in [0.3, 0.4) is 0 Å². The number of rotatable bonds is 3. The molecule has 0 amide bonds. The quantitative estimate of drug-likeness (QED) is 0.467. The lowest BCUT2D eigenvalue weighted by Crippen LogP contribution is -1.50. The molecule has 54 valence electrons. The third-order valence-electron chi connectivity index (χ3n) is 0.834. The van der Waals surface area contributed by atoms with Gasteiger partial charge in [-0.1, -0.05) is 36.5 Å². The Bertz CT molecular complexity index is 142. The minimum absolute atomic E-state index is 1.00. The molecule has 10 heavy (non-hydrogen) atoms. The molecular formula is C9H12O. The number of hydrogen-bond donors (Lipinski definition) is 1. The highest BCUT2D eigenvalue weighted by Crippen LogP contribution is 1.80. The average molecular weight is 136 g/mol. The zero-order chi connectivity index (χ0) is 7.66. The summed E-state index contributed by atoms with van der Waals surface area (Å²) in [5.41, 5.74) is 0. The Hall–Kier alpha value is -1.24. The first-order valence-corrected chi connectivity index (χ1v) is 3.17. The summed E-state index contributed by atoms with van der Waals surface area (Å²) in [5.74, 6) is 0. The molecule has 0 spiro atoms. The Morgan fingerprint density at radius 1 is 0.800 bits per heavy atom. The van der Waals surface area contributed by atoms with E-state index in [1.807, 2.05) is 37.3 Å². The van der Waals surface area contributed by atoms with Gasteiger partial charge in [0.1, 0.15) is 0 Å². The SMILES string of the molecule is CC=CC=CC=CC=CO. The van der Waals surface area contributed by atoms with Crippen molar-refractivity contribution in [2.24, 2.45) is 0 Å². The van der Waals surface area contributed by atoms with Gasteiger partial charge < -0.3 is 5.11 Å². The van der Waals surface area contributed by atoms with Crippen LogP contribution >= 0.6 is 0 Å². The summed E-state index contributed by atoms with van der Waals surface area (Å²) in [6.45, 7) is 1.96. The standard InChI is InChI=1S/C9H12O/c1-2-3-4-5-6-7-8-9-10/h2-10H,1H3. The van der Waals surface area contributed by atoms with Crippen molar-refractivity contribution >= 4 is 0 Å². The molecule has 0 aromatic rings. The molecule has 0 atom stereocenters. The first-order chi connectivity index (χ1) is 4.91. The normalized spacial score (nSPS) is 13.3. The van der Waals surface area contributed by atoms with Crippen LogP contribution < -0.4 is 0 Å². The van der Waals surface area contributed by atoms with Crippen molar-refractivity contribution in [3.63, 3.8) is 0 Å². The molecule has 0 unspecified atom stereocenters. The predicted molar refractivity (Wildman–Crippen MR) is 44.9 cm³/mol. The lowest BCUT2D eigenvalue weighted by molar-refractivity contribution is 0.474. The van der Waals surface area contributed by atoms with Crippen molar-refractivity contribution in [3.05, 3.63) is 48.8 Å². The fourth-order valence-corrected chi connectivity index (χ4v) is 0.417. The van der Waals surface area contributed by atoms with Crippen molar-refractivity contribution in [1.82, 2.24) is 0 Å². The second kappa shape index (κ2) is 7.76. The third-order valence-corrected chi connectivity index (χ3v) is 0.834. The van der Waals surface area contributed by atoms with E-state index < -0.39 is 0 Å². The van der Waals surface area contributed by atoms with E-state index in [2.05, 4.69) is 0 Å². The van der Waals surface area contributed by atoms with Crippen molar-refractivity contribution < 1.29 is 5.11 Å². The molecule has 1 heteroatoms. The minimum atomic E-state index is 1.00. The number of aliphatic hydroxyl groups excluding tert-OH is 1. The third kappa shape index (κ3) is 6.76. The zero-order valence-corrected chi connectivity index (χ0v) is 6.07. The molecule has 0 aliphatic carbocycles. The van der Waals surface area contributed by atoms with Gasteiger partial charge in [-0.15, -0.1) is 0 Å². The van der Waals surface area contributed by atoms with Gasteiger partial charge in [-0.3, -0.25) is 0 Å². The smallest absolute Gasteiger partial charge is 0.0791 e. The van der Waals surface area contributed by atoms with Gasteiger partial charge >= 0.3 is 0 Å². The minimum Gasteiger partial charge on any atom is -0.516 e. The predicted octanol–water partition coefficient (Wildman–Crippen LogP) is 2.75. The first kappa shape index (κ1) is 8.76. The molecule has 0 aliphatic rings. The largest absolute Gasteiger partial charge is 0.516 e. The van der Waals surface area contributed by atoms with Gasteiger partial charge in [-0.25, -0.2) is 0 Å². The van der Waals surface area contributed by atoms with Gasteiger partial charge in [0.25, 0.3) is 0 Å². The van der Waals surface area contributed by atoms with Crippen LogP contribution in [0.1, 0.15) is 6.92 Å². The molecule has 0 radical (unpaired) electrons. The molecule has 0 aromatic carbocycles. The van der Waals surface area contributed by atoms with E-state index in [9.17, 15) is 0 Å². The maximum atomic E-state index is 8.20. The summed E-state index contributed by atoms with van der Waals surface area (Å²) in [6.07, 6.45) is 13.8. The van der Waals surface area contributed by atoms with Crippen LogP contribution in [0.15, 0.2) is 48.8 Å². The Balaban J connectivity index is 3.51. The van der Waals surface area contributed by atoms with E-state index in [4.69, 9.17) is 5.11 Å². The van der Waals surface area contributed by atoms with Crippen molar-refractivity contribution in [2.75, 3.05) is 0 Å². The highest BCUT2D eigenvalue weighted by atomic mass is 16.2. The number of aliphatic hydroxyl groups is 1. The molecule has 1 nitrogen and oxygen atoms in total. The van der Waals surface area contributed by atoms with Crippen LogP contribution in [-0.2, 0) is 0 Å². The Morgan fingerprint density at radius 2 is 1.30 bits per heavy atom. The van der Waals surface area contributed by atoms with Crippen LogP contribution in [-0.4, -0.2) is 5.11 Å². The van der Waals surface area contributed by atoms with Crippen molar-refractivity contribution in [3.8, 4) is 0 Å². The highest BCUT2D eigenvalue weighted by molar-refractivity contribution is 5.14. The van der Waals surface area contributed by atoms with E-state index >= 15 is 0 Å². The Kier molecular flexibility index (Phi) is 6.80. The zero-order valence-electron chi connectivity index (χ0n) is 6.07. The lowest BCUT2D eigenvalue weighted by atomic mass is 10.4. The first-order valence-electron chi connectivity index (χ1n) is 3.17. The molecule has 0 fully saturated rings. The maximum Gasteiger partial charge on any atom is 0.0791 e. The summed E-state index contributed by atoms with van der Waals surface area (Å²) in [4.78, 5) is 0. The van der Waals surface area contributed by atoms with E-state index in [1.165, 1.54) is 0 Å². The second-order valence-corrected chi connectivity index (χ2v) is 1.64. The molecule has 0 aromatic heterocycles. The van der Waals surface area contributed by atoms with Gasteiger partial charge in [0.15, 0.2) is 0 Å². The molecule has 0 saturated heterocycles. The van der Waals surface area contributed by atoms with Gasteiger partial charge in [-0.05, 0) is 13.0 Å². The monoisotopic (exact) mass is 136 g/mol. The van der Waals surface area contributed by atoms with E-state index in [1.54, 1.807) is 12.2 Å². The topological polar surface area (TPSA) is 20.2 Å². The summed E-state index contributed by atoms with van der Waals surface area (Å²) in [5, 5.41) is 8.20. The van der Waals surface area contributed by atoms with Gasteiger partial charge in [0.05, 0.1) is 6.26 Å². The molecule has 0 aliphatic heterocycles. The Morgan fingerprint density at radius 3 is 1.80 bits per heavy atom. The summed E-state index contributed by atoms with van der Waals surface area (Å²) >= 11 is 0. The van der Waals surface area contributed by atoms with Gasteiger partial charge in [0.2, 0.25) is 0 Å². The molecule has 0 rings (SSSR count). The summed E-state index contributed by atoms with van der Waals surface area (Å²) < 4.78 is 0. The molecular weight excluding hydrogens is 124 g/mol. The summed E-state index contributed by atoms with van der Waals surface area (Å²) in [7, 11) is 0. The fraction of sp³-hybridized carbons (Fsp3) is 0.111. The van der Waals surface area contributed by atoms with Gasteiger partial charge in [-0.2, -0.15) is 0 Å². The van der Waals surface area contributed by atoms with E-state index in [0.29, 0.717) is 0 Å². The lowest BCUT2D eigenvalue weighted by Gasteiger charge is -1.71. The van der Waals surface area contributed by atoms with Crippen LogP contribution in [0, 0.1) is 0 Å². The van der Waals surface area contributed by atoms with Crippen LogP contribution in [0.5, 0.6) is 0 Å². The van der Waals surface area contributed by atoms with E-state index in [0.717, 1.165) is 6.26 Å². The Labute approximate surface area is 61.7 Å². The second-order valence-electron chi connectivity index (χ2n) is 1.64. The summed E-state index contributed by atoms with van der Waals surface area (Å²) in [6, 6.07) is 0. The average Bonchev–Trinajstić information content (AvgIpc) is 1.97. The van der Waals surface area contributed by atoms with Crippen LogP contribution in [0.25, 0.3) is 0 Å². The number of allylic oxidation sites excluding steroid dienone is 7. The molecule has 0 saturated carbocycles. The van der Waals surface area contributed by atoms with E-state index in [-0.39, 0.29) is 0 Å². The van der Waals surface area contributed by atoms with Crippen LogP contribution in [0.2, 0.25) is 0 Å². The fourth-order valence-electron chi connectivity index (χ4n) is 0.417. The van der Waals surface area contributed by atoms with Crippen molar-refractivity contribution in [1.29, 1.82) is 0 Å².